The average Bonchev–Trinajstić information content (AvgIpc) is 3.31. The number of anilines is 1. The van der Waals surface area contributed by atoms with Crippen LogP contribution in [0.3, 0.4) is 0 Å². The van der Waals surface area contributed by atoms with Crippen molar-refractivity contribution in [2.75, 3.05) is 37.6 Å². The monoisotopic (exact) mass is 370 g/mol. The van der Waals surface area contributed by atoms with Crippen molar-refractivity contribution in [3.05, 3.63) is 46.5 Å². The summed E-state index contributed by atoms with van der Waals surface area (Å²) in [7, 11) is 0. The fourth-order valence-electron chi connectivity index (χ4n) is 3.62. The SMILES string of the molecule is Cc1ccc(CN2CCN(Cc3cnc(N4CCCC4)s3)CC2=O)cc1. The Morgan fingerprint density at radius 3 is 2.54 bits per heavy atom. The summed E-state index contributed by atoms with van der Waals surface area (Å²) in [6.45, 7) is 8.11. The topological polar surface area (TPSA) is 39.7 Å². The van der Waals surface area contributed by atoms with Crippen molar-refractivity contribution in [1.29, 1.82) is 0 Å². The summed E-state index contributed by atoms with van der Waals surface area (Å²) in [5.74, 6) is 0.223. The van der Waals surface area contributed by atoms with Gasteiger partial charge in [0.05, 0.1) is 6.54 Å². The maximum Gasteiger partial charge on any atom is 0.237 e. The van der Waals surface area contributed by atoms with Crippen LogP contribution >= 0.6 is 11.3 Å². The van der Waals surface area contributed by atoms with Gasteiger partial charge in [0.1, 0.15) is 0 Å². The minimum Gasteiger partial charge on any atom is -0.348 e. The molecular formula is C20H26N4OS. The second-order valence-corrected chi connectivity index (χ2v) is 8.41. The number of aromatic nitrogens is 1. The second-order valence-electron chi connectivity index (χ2n) is 7.31. The summed E-state index contributed by atoms with van der Waals surface area (Å²) >= 11 is 1.78. The van der Waals surface area contributed by atoms with Crippen LogP contribution in [0.4, 0.5) is 5.13 Å². The molecule has 0 radical (unpaired) electrons. The zero-order chi connectivity index (χ0) is 17.9. The molecule has 26 heavy (non-hydrogen) atoms. The first-order chi connectivity index (χ1) is 12.7. The van der Waals surface area contributed by atoms with Crippen LogP contribution in [0.1, 0.15) is 28.8 Å². The zero-order valence-corrected chi connectivity index (χ0v) is 16.2. The van der Waals surface area contributed by atoms with Gasteiger partial charge in [-0.25, -0.2) is 4.98 Å². The first-order valence-electron chi connectivity index (χ1n) is 9.43. The quantitative estimate of drug-likeness (QED) is 0.811. The molecule has 2 aromatic rings. The lowest BCUT2D eigenvalue weighted by atomic mass is 10.1. The van der Waals surface area contributed by atoms with E-state index in [0.29, 0.717) is 13.1 Å². The standard InChI is InChI=1S/C20H26N4OS/c1-16-4-6-17(7-5-16)13-24-11-10-22(15-19(24)25)14-18-12-21-20(26-18)23-8-2-3-9-23/h4-7,12H,2-3,8-11,13-15H2,1H3. The van der Waals surface area contributed by atoms with E-state index >= 15 is 0 Å². The Kier molecular flexibility index (Phi) is 5.22. The Hall–Kier alpha value is -1.92. The summed E-state index contributed by atoms with van der Waals surface area (Å²) in [5, 5.41) is 1.14. The molecule has 1 aromatic heterocycles. The van der Waals surface area contributed by atoms with Gasteiger partial charge in [0.15, 0.2) is 5.13 Å². The summed E-state index contributed by atoms with van der Waals surface area (Å²) in [6.07, 6.45) is 4.53. The number of thiazole rings is 1. The Morgan fingerprint density at radius 2 is 1.81 bits per heavy atom. The van der Waals surface area contributed by atoms with Crippen LogP contribution in [0, 0.1) is 6.92 Å². The van der Waals surface area contributed by atoms with Crippen molar-refractivity contribution < 1.29 is 4.79 Å². The van der Waals surface area contributed by atoms with Crippen LogP contribution in [-0.4, -0.2) is 53.4 Å². The van der Waals surface area contributed by atoms with Crippen molar-refractivity contribution in [1.82, 2.24) is 14.8 Å². The molecule has 0 aliphatic carbocycles. The van der Waals surface area contributed by atoms with E-state index in [0.717, 1.165) is 37.9 Å². The van der Waals surface area contributed by atoms with Gasteiger partial charge in [0.2, 0.25) is 5.91 Å². The van der Waals surface area contributed by atoms with E-state index in [1.807, 2.05) is 11.1 Å². The third kappa shape index (κ3) is 4.07. The van der Waals surface area contributed by atoms with Crippen molar-refractivity contribution in [2.24, 2.45) is 0 Å². The maximum atomic E-state index is 12.5. The molecule has 6 heteroatoms. The lowest BCUT2D eigenvalue weighted by Gasteiger charge is -2.34. The number of carbonyl (C=O) groups is 1. The molecule has 2 fully saturated rings. The lowest BCUT2D eigenvalue weighted by molar-refractivity contribution is -0.136. The largest absolute Gasteiger partial charge is 0.348 e. The normalized spacial score (nSPS) is 18.7. The summed E-state index contributed by atoms with van der Waals surface area (Å²) in [5.41, 5.74) is 2.46. The zero-order valence-electron chi connectivity index (χ0n) is 15.4. The number of aryl methyl sites for hydroxylation is 1. The van der Waals surface area contributed by atoms with E-state index < -0.39 is 0 Å². The van der Waals surface area contributed by atoms with Crippen LogP contribution in [0.5, 0.6) is 0 Å². The Labute approximate surface area is 159 Å². The summed E-state index contributed by atoms with van der Waals surface area (Å²) in [4.78, 5) is 25.0. The molecule has 3 heterocycles. The van der Waals surface area contributed by atoms with E-state index in [2.05, 4.69) is 46.0 Å². The van der Waals surface area contributed by atoms with Gasteiger partial charge in [-0.2, -0.15) is 0 Å². The molecule has 5 nitrogen and oxygen atoms in total. The van der Waals surface area contributed by atoms with Crippen molar-refractivity contribution >= 4 is 22.4 Å². The van der Waals surface area contributed by atoms with Gasteiger partial charge in [-0.1, -0.05) is 29.8 Å². The van der Waals surface area contributed by atoms with Crippen molar-refractivity contribution in [3.8, 4) is 0 Å². The molecule has 1 aromatic carbocycles. The number of hydrogen-bond donors (Lipinski definition) is 0. The van der Waals surface area contributed by atoms with Crippen LogP contribution in [0.2, 0.25) is 0 Å². The van der Waals surface area contributed by atoms with Gasteiger partial charge >= 0.3 is 0 Å². The maximum absolute atomic E-state index is 12.5. The minimum atomic E-state index is 0.223. The van der Waals surface area contributed by atoms with E-state index in [4.69, 9.17) is 0 Å². The highest BCUT2D eigenvalue weighted by Gasteiger charge is 2.25. The molecule has 4 rings (SSSR count). The van der Waals surface area contributed by atoms with Crippen LogP contribution in [0.25, 0.3) is 0 Å². The molecule has 0 N–H and O–H groups in total. The fraction of sp³-hybridized carbons (Fsp3) is 0.500. The van der Waals surface area contributed by atoms with Gasteiger partial charge in [-0.15, -0.1) is 11.3 Å². The first-order valence-corrected chi connectivity index (χ1v) is 10.2. The molecule has 2 aliphatic heterocycles. The lowest BCUT2D eigenvalue weighted by Crippen LogP contribution is -2.49. The second kappa shape index (κ2) is 7.76. The van der Waals surface area contributed by atoms with E-state index in [-0.39, 0.29) is 5.91 Å². The number of nitrogens with zero attached hydrogens (tertiary/aromatic N) is 4. The molecule has 0 atom stereocenters. The Bertz CT molecular complexity index is 751. The Balaban J connectivity index is 1.30. The first kappa shape index (κ1) is 17.5. The Morgan fingerprint density at radius 1 is 1.04 bits per heavy atom. The molecule has 2 aliphatic rings. The predicted molar refractivity (Wildman–Crippen MR) is 105 cm³/mol. The highest BCUT2D eigenvalue weighted by molar-refractivity contribution is 7.15. The number of carbonyl (C=O) groups excluding carboxylic acids is 1. The molecule has 1 amide bonds. The van der Waals surface area contributed by atoms with E-state index in [1.54, 1.807) is 11.3 Å². The molecule has 0 bridgehead atoms. The number of rotatable bonds is 5. The van der Waals surface area contributed by atoms with Gasteiger partial charge in [0.25, 0.3) is 0 Å². The van der Waals surface area contributed by atoms with Crippen molar-refractivity contribution in [3.63, 3.8) is 0 Å². The molecule has 0 unspecified atom stereocenters. The van der Waals surface area contributed by atoms with Gasteiger partial charge in [0, 0.05) is 50.3 Å². The average molecular weight is 371 g/mol. The number of hydrogen-bond acceptors (Lipinski definition) is 5. The van der Waals surface area contributed by atoms with Crippen LogP contribution in [-0.2, 0) is 17.9 Å². The molecule has 0 saturated carbocycles. The van der Waals surface area contributed by atoms with Crippen LogP contribution in [0.15, 0.2) is 30.5 Å². The smallest absolute Gasteiger partial charge is 0.237 e. The minimum absolute atomic E-state index is 0.223. The molecular weight excluding hydrogens is 344 g/mol. The number of amides is 1. The predicted octanol–water partition coefficient (Wildman–Crippen LogP) is 2.90. The number of benzene rings is 1. The van der Waals surface area contributed by atoms with Crippen LogP contribution < -0.4 is 4.90 Å². The van der Waals surface area contributed by atoms with E-state index in [1.165, 1.54) is 28.8 Å². The fourth-order valence-corrected chi connectivity index (χ4v) is 4.62. The van der Waals surface area contributed by atoms with Gasteiger partial charge in [-0.05, 0) is 25.3 Å². The van der Waals surface area contributed by atoms with Gasteiger partial charge < -0.3 is 9.80 Å². The third-order valence-electron chi connectivity index (χ3n) is 5.19. The summed E-state index contributed by atoms with van der Waals surface area (Å²) < 4.78 is 0. The van der Waals surface area contributed by atoms with Crippen molar-refractivity contribution in [2.45, 2.75) is 32.9 Å². The molecule has 2 saturated heterocycles. The molecule has 0 spiro atoms. The summed E-state index contributed by atoms with van der Waals surface area (Å²) in [6, 6.07) is 8.45. The molecule has 138 valence electrons. The highest BCUT2D eigenvalue weighted by atomic mass is 32.1. The van der Waals surface area contributed by atoms with E-state index in [9.17, 15) is 4.79 Å². The number of piperazine rings is 1. The third-order valence-corrected chi connectivity index (χ3v) is 6.23. The highest BCUT2D eigenvalue weighted by Crippen LogP contribution is 2.27. The van der Waals surface area contributed by atoms with Gasteiger partial charge in [-0.3, -0.25) is 9.69 Å².